The zero-order valence-electron chi connectivity index (χ0n) is 10.2. The minimum Gasteiger partial charge on any atom is -0.320 e. The highest BCUT2D eigenvalue weighted by Crippen LogP contribution is 2.28. The van der Waals surface area contributed by atoms with Gasteiger partial charge in [-0.15, -0.1) is 0 Å². The summed E-state index contributed by atoms with van der Waals surface area (Å²) < 4.78 is 23.4. The summed E-state index contributed by atoms with van der Waals surface area (Å²) in [5.74, 6) is -0.426. The van der Waals surface area contributed by atoms with Crippen LogP contribution in [0.5, 0.6) is 0 Å². The van der Waals surface area contributed by atoms with Crippen molar-refractivity contribution in [2.24, 2.45) is 0 Å². The molecule has 5 nitrogen and oxygen atoms in total. The first-order valence-corrected chi connectivity index (χ1v) is 9.34. The second-order valence-electron chi connectivity index (χ2n) is 3.87. The summed E-state index contributed by atoms with van der Waals surface area (Å²) in [5.41, 5.74) is 0.625. The lowest BCUT2D eigenvalue weighted by molar-refractivity contribution is 0.102. The van der Waals surface area contributed by atoms with Gasteiger partial charge in [0.1, 0.15) is 5.69 Å². The molecule has 0 spiro atoms. The number of aromatic nitrogens is 1. The summed E-state index contributed by atoms with van der Waals surface area (Å²) in [6.07, 6.45) is 1.50. The molecule has 1 aromatic carbocycles. The normalized spacial score (nSPS) is 11.2. The molecule has 0 unspecified atom stereocenters. The van der Waals surface area contributed by atoms with Gasteiger partial charge in [0.15, 0.2) is 0 Å². The number of nitrogens with one attached hydrogen (secondary N) is 1. The van der Waals surface area contributed by atoms with E-state index in [1.165, 1.54) is 24.4 Å². The molecular weight excluding hydrogens is 447 g/mol. The highest BCUT2D eigenvalue weighted by atomic mass is 79.9. The van der Waals surface area contributed by atoms with Crippen LogP contribution in [-0.2, 0) is 9.05 Å². The van der Waals surface area contributed by atoms with Crippen LogP contribution in [0.3, 0.4) is 0 Å². The summed E-state index contributed by atoms with van der Waals surface area (Å²) in [4.78, 5) is 16.0. The number of hydrogen-bond acceptors (Lipinski definition) is 4. The number of carbonyl (C=O) groups excluding carboxylic acids is 1. The minimum atomic E-state index is -3.82. The van der Waals surface area contributed by atoms with Crippen molar-refractivity contribution in [3.05, 3.63) is 51.2 Å². The Morgan fingerprint density at radius 3 is 2.48 bits per heavy atom. The second kappa shape index (κ2) is 6.43. The van der Waals surface area contributed by atoms with Crippen molar-refractivity contribution >= 4 is 63.2 Å². The van der Waals surface area contributed by atoms with Gasteiger partial charge in [0.25, 0.3) is 15.0 Å². The fourth-order valence-electron chi connectivity index (χ4n) is 1.48. The van der Waals surface area contributed by atoms with Crippen LogP contribution >= 0.6 is 42.5 Å². The first-order valence-electron chi connectivity index (χ1n) is 5.45. The van der Waals surface area contributed by atoms with E-state index in [0.717, 1.165) is 0 Å². The monoisotopic (exact) mass is 452 g/mol. The molecule has 1 amide bonds. The lowest BCUT2D eigenvalue weighted by Crippen LogP contribution is -2.14. The first kappa shape index (κ1) is 16.4. The zero-order chi connectivity index (χ0) is 15.6. The first-order chi connectivity index (χ1) is 9.79. The van der Waals surface area contributed by atoms with Crippen LogP contribution in [0.25, 0.3) is 0 Å². The van der Waals surface area contributed by atoms with E-state index in [1.807, 2.05) is 0 Å². The number of rotatable bonds is 3. The van der Waals surface area contributed by atoms with Crippen LogP contribution in [0.15, 0.2) is 50.4 Å². The minimum absolute atomic E-state index is 0.0620. The number of carbonyl (C=O) groups is 1. The number of anilines is 1. The molecule has 110 valence electrons. The van der Waals surface area contributed by atoms with Crippen LogP contribution < -0.4 is 5.32 Å². The molecule has 0 saturated heterocycles. The number of amides is 1. The van der Waals surface area contributed by atoms with E-state index in [9.17, 15) is 13.2 Å². The van der Waals surface area contributed by atoms with Gasteiger partial charge in [-0.2, -0.15) is 0 Å². The smallest absolute Gasteiger partial charge is 0.275 e. The summed E-state index contributed by atoms with van der Waals surface area (Å²) in [6, 6.07) is 7.44. The molecule has 1 heterocycles. The van der Waals surface area contributed by atoms with E-state index in [1.54, 1.807) is 12.1 Å². The van der Waals surface area contributed by atoms with Gasteiger partial charge in [-0.3, -0.25) is 4.79 Å². The van der Waals surface area contributed by atoms with Crippen molar-refractivity contribution < 1.29 is 13.2 Å². The van der Waals surface area contributed by atoms with Crippen molar-refractivity contribution in [1.82, 2.24) is 4.98 Å². The van der Waals surface area contributed by atoms with Crippen molar-refractivity contribution in [2.45, 2.75) is 4.90 Å². The van der Waals surface area contributed by atoms with Crippen LogP contribution in [-0.4, -0.2) is 19.3 Å². The molecule has 2 rings (SSSR count). The third-order valence-electron chi connectivity index (χ3n) is 2.44. The van der Waals surface area contributed by atoms with E-state index in [-0.39, 0.29) is 10.6 Å². The van der Waals surface area contributed by atoms with Crippen LogP contribution in [0.1, 0.15) is 10.5 Å². The Bertz CT molecular complexity index is 812. The summed E-state index contributed by atoms with van der Waals surface area (Å²) in [7, 11) is 1.43. The third kappa shape index (κ3) is 4.03. The van der Waals surface area contributed by atoms with Crippen LogP contribution in [0.2, 0.25) is 0 Å². The largest absolute Gasteiger partial charge is 0.320 e. The average Bonchev–Trinajstić information content (AvgIpc) is 2.40. The molecule has 0 radical (unpaired) electrons. The molecule has 0 atom stereocenters. The van der Waals surface area contributed by atoms with E-state index >= 15 is 0 Å². The van der Waals surface area contributed by atoms with E-state index < -0.39 is 15.0 Å². The molecular formula is C12H7Br2ClN2O3S. The molecule has 0 aliphatic carbocycles. The summed E-state index contributed by atoms with van der Waals surface area (Å²) in [6.45, 7) is 0. The quantitative estimate of drug-likeness (QED) is 0.716. The van der Waals surface area contributed by atoms with Gasteiger partial charge in [-0.05, 0) is 62.2 Å². The summed E-state index contributed by atoms with van der Waals surface area (Å²) in [5, 5.41) is 2.63. The van der Waals surface area contributed by atoms with Crippen LogP contribution in [0, 0.1) is 0 Å². The van der Waals surface area contributed by atoms with Gasteiger partial charge in [-0.1, -0.05) is 0 Å². The molecule has 1 N–H and O–H groups in total. The van der Waals surface area contributed by atoms with Gasteiger partial charge in [0.05, 0.1) is 10.6 Å². The SMILES string of the molecule is O=C(Nc1ccc(S(=O)(=O)Cl)cc1Br)c1ncccc1Br. The molecule has 1 aromatic heterocycles. The van der Waals surface area contributed by atoms with Crippen molar-refractivity contribution in [3.8, 4) is 0 Å². The molecule has 2 aromatic rings. The molecule has 0 aliphatic heterocycles. The maximum atomic E-state index is 12.1. The Morgan fingerprint density at radius 1 is 1.19 bits per heavy atom. The number of nitrogens with zero attached hydrogens (tertiary/aromatic N) is 1. The highest BCUT2D eigenvalue weighted by Gasteiger charge is 2.15. The van der Waals surface area contributed by atoms with Gasteiger partial charge in [0.2, 0.25) is 0 Å². The molecule has 9 heteroatoms. The Morgan fingerprint density at radius 2 is 1.90 bits per heavy atom. The van der Waals surface area contributed by atoms with E-state index in [2.05, 4.69) is 42.2 Å². The molecule has 21 heavy (non-hydrogen) atoms. The topological polar surface area (TPSA) is 76.1 Å². The lowest BCUT2D eigenvalue weighted by atomic mass is 10.3. The fraction of sp³-hybridized carbons (Fsp3) is 0. The van der Waals surface area contributed by atoms with Gasteiger partial charge in [0, 0.05) is 25.8 Å². The van der Waals surface area contributed by atoms with Crippen molar-refractivity contribution in [3.63, 3.8) is 0 Å². The maximum Gasteiger partial charge on any atom is 0.275 e. The van der Waals surface area contributed by atoms with Gasteiger partial charge in [-0.25, -0.2) is 13.4 Å². The Hall–Kier alpha value is -0.960. The highest BCUT2D eigenvalue weighted by molar-refractivity contribution is 9.11. The zero-order valence-corrected chi connectivity index (χ0v) is 14.9. The maximum absolute atomic E-state index is 12.1. The van der Waals surface area contributed by atoms with E-state index in [0.29, 0.717) is 14.6 Å². The molecule has 0 saturated carbocycles. The summed E-state index contributed by atoms with van der Waals surface area (Å²) >= 11 is 6.42. The van der Waals surface area contributed by atoms with Gasteiger partial charge >= 0.3 is 0 Å². The Balaban J connectivity index is 2.29. The Kier molecular flexibility index (Phi) is 5.03. The number of benzene rings is 1. The third-order valence-corrected chi connectivity index (χ3v) is 5.09. The van der Waals surface area contributed by atoms with Gasteiger partial charge < -0.3 is 5.32 Å². The number of pyridine rings is 1. The molecule has 0 fully saturated rings. The lowest BCUT2D eigenvalue weighted by Gasteiger charge is -2.08. The van der Waals surface area contributed by atoms with Crippen molar-refractivity contribution in [2.75, 3.05) is 5.32 Å². The standard InChI is InChI=1S/C12H7Br2ClN2O3S/c13-8-2-1-5-16-11(8)12(18)17-10-4-3-7(6-9(10)14)21(15,19)20/h1-6H,(H,17,18). The fourth-order valence-corrected chi connectivity index (χ4v) is 3.32. The second-order valence-corrected chi connectivity index (χ2v) is 8.14. The number of hydrogen-bond donors (Lipinski definition) is 1. The Labute approximate surface area is 142 Å². The van der Waals surface area contributed by atoms with E-state index in [4.69, 9.17) is 10.7 Å². The predicted octanol–water partition coefficient (Wildman–Crippen LogP) is 3.79. The number of halogens is 3. The average molecular weight is 455 g/mol. The van der Waals surface area contributed by atoms with Crippen LogP contribution in [0.4, 0.5) is 5.69 Å². The molecule has 0 aliphatic rings. The van der Waals surface area contributed by atoms with Crippen molar-refractivity contribution in [1.29, 1.82) is 0 Å². The molecule has 0 bridgehead atoms. The predicted molar refractivity (Wildman–Crippen MR) is 87.1 cm³/mol.